The average Bonchev–Trinajstić information content (AvgIpc) is 2.31. The summed E-state index contributed by atoms with van der Waals surface area (Å²) in [6.45, 7) is 1.72. The second-order valence-corrected chi connectivity index (χ2v) is 4.96. The highest BCUT2D eigenvalue weighted by Crippen LogP contribution is 2.25. The number of hydrogen-bond acceptors (Lipinski definition) is 2. The van der Waals surface area contributed by atoms with E-state index in [1.54, 1.807) is 43.3 Å². The Hall–Kier alpha value is -1.71. The van der Waals surface area contributed by atoms with Crippen molar-refractivity contribution < 1.29 is 9.90 Å². The number of carbonyl (C=O) groups is 1. The Bertz CT molecular complexity index is 621. The number of aromatic hydroxyl groups is 1. The number of amides is 1. The molecule has 1 amide bonds. The number of para-hydroxylation sites is 1. The summed E-state index contributed by atoms with van der Waals surface area (Å²) in [6.07, 6.45) is 0. The summed E-state index contributed by atoms with van der Waals surface area (Å²) in [7, 11) is 0. The highest BCUT2D eigenvalue weighted by atomic mass is 35.5. The normalized spacial score (nSPS) is 10.3. The van der Waals surface area contributed by atoms with E-state index in [9.17, 15) is 9.90 Å². The summed E-state index contributed by atoms with van der Waals surface area (Å²) < 4.78 is 0. The maximum atomic E-state index is 12.1. The highest BCUT2D eigenvalue weighted by molar-refractivity contribution is 6.35. The summed E-state index contributed by atoms with van der Waals surface area (Å²) in [6, 6.07) is 9.71. The van der Waals surface area contributed by atoms with E-state index in [0.717, 1.165) is 0 Å². The smallest absolute Gasteiger partial charge is 0.259 e. The third-order valence-electron chi connectivity index (χ3n) is 2.60. The van der Waals surface area contributed by atoms with Gasteiger partial charge in [-0.15, -0.1) is 0 Å². The molecule has 2 aromatic carbocycles. The van der Waals surface area contributed by atoms with Crippen LogP contribution in [0.25, 0.3) is 0 Å². The van der Waals surface area contributed by atoms with E-state index in [-0.39, 0.29) is 11.3 Å². The van der Waals surface area contributed by atoms with Gasteiger partial charge in [0, 0.05) is 15.7 Å². The van der Waals surface area contributed by atoms with E-state index in [1.165, 1.54) is 0 Å². The molecule has 0 saturated carbocycles. The molecule has 19 heavy (non-hydrogen) atoms. The molecular formula is C14H11Cl2NO2. The Kier molecular flexibility index (Phi) is 3.98. The lowest BCUT2D eigenvalue weighted by atomic mass is 10.1. The first-order valence-corrected chi connectivity index (χ1v) is 6.29. The van der Waals surface area contributed by atoms with Crippen LogP contribution >= 0.6 is 23.2 Å². The number of phenols is 1. The van der Waals surface area contributed by atoms with Crippen molar-refractivity contribution in [2.45, 2.75) is 6.92 Å². The molecule has 98 valence electrons. The Morgan fingerprint density at radius 1 is 1.16 bits per heavy atom. The molecule has 0 spiro atoms. The second-order valence-electron chi connectivity index (χ2n) is 4.08. The monoisotopic (exact) mass is 295 g/mol. The molecule has 0 heterocycles. The molecule has 5 heteroatoms. The number of anilines is 1. The zero-order chi connectivity index (χ0) is 14.0. The first kappa shape index (κ1) is 13.7. The molecule has 2 rings (SSSR count). The lowest BCUT2D eigenvalue weighted by molar-refractivity contribution is 0.102. The van der Waals surface area contributed by atoms with Crippen molar-refractivity contribution in [3.63, 3.8) is 0 Å². The Morgan fingerprint density at radius 3 is 2.42 bits per heavy atom. The van der Waals surface area contributed by atoms with E-state index < -0.39 is 5.91 Å². The SMILES string of the molecule is Cc1cccc(C(=O)Nc2cc(Cl)cc(Cl)c2)c1O. The quantitative estimate of drug-likeness (QED) is 0.870. The number of halogens is 2. The summed E-state index contributed by atoms with van der Waals surface area (Å²) in [5.41, 5.74) is 1.32. The van der Waals surface area contributed by atoms with Gasteiger partial charge in [0.15, 0.2) is 0 Å². The molecule has 0 radical (unpaired) electrons. The van der Waals surface area contributed by atoms with Gasteiger partial charge in [0.1, 0.15) is 5.75 Å². The fraction of sp³-hybridized carbons (Fsp3) is 0.0714. The summed E-state index contributed by atoms with van der Waals surface area (Å²) in [5.74, 6) is -0.451. The molecule has 2 aromatic rings. The minimum atomic E-state index is -0.417. The van der Waals surface area contributed by atoms with Crippen LogP contribution in [0.2, 0.25) is 10.0 Å². The van der Waals surface area contributed by atoms with E-state index in [4.69, 9.17) is 23.2 Å². The number of aryl methyl sites for hydroxylation is 1. The number of phenolic OH excluding ortho intramolecular Hbond substituents is 1. The summed E-state index contributed by atoms with van der Waals surface area (Å²) in [4.78, 5) is 12.1. The first-order valence-electron chi connectivity index (χ1n) is 5.53. The van der Waals surface area contributed by atoms with Gasteiger partial charge in [-0.25, -0.2) is 0 Å². The predicted molar refractivity (Wildman–Crippen MR) is 77.3 cm³/mol. The Morgan fingerprint density at radius 2 is 1.79 bits per heavy atom. The van der Waals surface area contributed by atoms with Gasteiger partial charge < -0.3 is 10.4 Å². The van der Waals surface area contributed by atoms with Gasteiger partial charge in [0.25, 0.3) is 5.91 Å². The lowest BCUT2D eigenvalue weighted by Gasteiger charge is -2.09. The van der Waals surface area contributed by atoms with Crippen molar-refractivity contribution in [3.05, 3.63) is 57.6 Å². The van der Waals surface area contributed by atoms with Crippen molar-refractivity contribution >= 4 is 34.8 Å². The molecule has 0 aliphatic carbocycles. The number of benzene rings is 2. The third kappa shape index (κ3) is 3.19. The van der Waals surface area contributed by atoms with Crippen LogP contribution in [-0.4, -0.2) is 11.0 Å². The van der Waals surface area contributed by atoms with Crippen LogP contribution in [-0.2, 0) is 0 Å². The maximum Gasteiger partial charge on any atom is 0.259 e. The van der Waals surface area contributed by atoms with Crippen molar-refractivity contribution in [3.8, 4) is 5.75 Å². The summed E-state index contributed by atoms with van der Waals surface area (Å²) in [5, 5.41) is 13.3. The van der Waals surface area contributed by atoms with Crippen LogP contribution in [0.15, 0.2) is 36.4 Å². The van der Waals surface area contributed by atoms with Gasteiger partial charge in [-0.3, -0.25) is 4.79 Å². The molecule has 0 atom stereocenters. The lowest BCUT2D eigenvalue weighted by Crippen LogP contribution is -2.12. The topological polar surface area (TPSA) is 49.3 Å². The minimum absolute atomic E-state index is 0.0341. The number of nitrogens with one attached hydrogen (secondary N) is 1. The number of carbonyl (C=O) groups excluding carboxylic acids is 1. The largest absolute Gasteiger partial charge is 0.507 e. The molecule has 0 saturated heterocycles. The van der Waals surface area contributed by atoms with E-state index in [0.29, 0.717) is 21.3 Å². The van der Waals surface area contributed by atoms with Gasteiger partial charge in [-0.2, -0.15) is 0 Å². The molecule has 0 unspecified atom stereocenters. The fourth-order valence-electron chi connectivity index (χ4n) is 1.67. The van der Waals surface area contributed by atoms with Gasteiger partial charge in [-0.05, 0) is 36.8 Å². The van der Waals surface area contributed by atoms with Crippen LogP contribution in [0.3, 0.4) is 0 Å². The molecule has 0 bridgehead atoms. The van der Waals surface area contributed by atoms with Crippen molar-refractivity contribution in [1.82, 2.24) is 0 Å². The van der Waals surface area contributed by atoms with Gasteiger partial charge >= 0.3 is 0 Å². The second kappa shape index (κ2) is 5.51. The van der Waals surface area contributed by atoms with E-state index in [2.05, 4.69) is 5.32 Å². The van der Waals surface area contributed by atoms with E-state index >= 15 is 0 Å². The molecule has 0 fully saturated rings. The first-order chi connectivity index (χ1) is 8.97. The Balaban J connectivity index is 2.28. The van der Waals surface area contributed by atoms with Gasteiger partial charge in [0.05, 0.1) is 5.56 Å². The molecule has 0 aliphatic rings. The number of rotatable bonds is 2. The fourth-order valence-corrected chi connectivity index (χ4v) is 2.19. The molecule has 0 aromatic heterocycles. The number of hydrogen-bond donors (Lipinski definition) is 2. The molecule has 2 N–H and O–H groups in total. The standard InChI is InChI=1S/C14H11Cl2NO2/c1-8-3-2-4-12(13(8)18)14(19)17-11-6-9(15)5-10(16)7-11/h2-7,18H,1H3,(H,17,19). The van der Waals surface area contributed by atoms with E-state index in [1.807, 2.05) is 0 Å². The van der Waals surface area contributed by atoms with Crippen molar-refractivity contribution in [1.29, 1.82) is 0 Å². The van der Waals surface area contributed by atoms with Gasteiger partial charge in [0.2, 0.25) is 0 Å². The van der Waals surface area contributed by atoms with Crippen LogP contribution in [0.5, 0.6) is 5.75 Å². The zero-order valence-corrected chi connectivity index (χ0v) is 11.6. The molecular weight excluding hydrogens is 285 g/mol. The average molecular weight is 296 g/mol. The summed E-state index contributed by atoms with van der Waals surface area (Å²) >= 11 is 11.7. The van der Waals surface area contributed by atoms with Gasteiger partial charge in [-0.1, -0.05) is 35.3 Å². The van der Waals surface area contributed by atoms with Crippen molar-refractivity contribution in [2.75, 3.05) is 5.32 Å². The van der Waals surface area contributed by atoms with Crippen LogP contribution in [0.1, 0.15) is 15.9 Å². The minimum Gasteiger partial charge on any atom is -0.507 e. The molecule has 3 nitrogen and oxygen atoms in total. The van der Waals surface area contributed by atoms with Crippen molar-refractivity contribution in [2.24, 2.45) is 0 Å². The highest BCUT2D eigenvalue weighted by Gasteiger charge is 2.13. The Labute approximate surface area is 120 Å². The van der Waals surface area contributed by atoms with Crippen LogP contribution in [0.4, 0.5) is 5.69 Å². The molecule has 0 aliphatic heterocycles. The maximum absolute atomic E-state index is 12.1. The third-order valence-corrected chi connectivity index (χ3v) is 3.04. The van der Waals surface area contributed by atoms with Crippen LogP contribution < -0.4 is 5.32 Å². The predicted octanol–water partition coefficient (Wildman–Crippen LogP) is 4.26. The zero-order valence-electron chi connectivity index (χ0n) is 10.1. The van der Waals surface area contributed by atoms with Crippen LogP contribution in [0, 0.1) is 6.92 Å².